The van der Waals surface area contributed by atoms with Crippen molar-refractivity contribution in [3.63, 3.8) is 0 Å². The number of benzene rings is 1. The minimum Gasteiger partial charge on any atom is -0.441 e. The predicted octanol–water partition coefficient (Wildman–Crippen LogP) is 2.63. The molecular weight excluding hydrogens is 308 g/mol. The molecule has 8 heteroatoms. The SMILES string of the molecule is Cc1nc2ccc(NC(=O)N3CCCC3c3nncn3C)cc2o1. The molecule has 1 fully saturated rings. The number of carbonyl (C=O) groups excluding carboxylic acids is 1. The summed E-state index contributed by atoms with van der Waals surface area (Å²) >= 11 is 0. The molecule has 24 heavy (non-hydrogen) atoms. The van der Waals surface area contributed by atoms with Crippen molar-refractivity contribution in [3.05, 3.63) is 36.2 Å². The van der Waals surface area contributed by atoms with Crippen molar-refractivity contribution in [2.24, 2.45) is 7.05 Å². The van der Waals surface area contributed by atoms with E-state index in [2.05, 4.69) is 20.5 Å². The van der Waals surface area contributed by atoms with E-state index >= 15 is 0 Å². The van der Waals surface area contributed by atoms with Crippen molar-refractivity contribution in [1.82, 2.24) is 24.6 Å². The number of nitrogens with one attached hydrogen (secondary N) is 1. The molecule has 1 unspecified atom stereocenters. The van der Waals surface area contributed by atoms with Crippen molar-refractivity contribution in [2.45, 2.75) is 25.8 Å². The van der Waals surface area contributed by atoms with Crippen LogP contribution in [0.2, 0.25) is 0 Å². The van der Waals surface area contributed by atoms with Gasteiger partial charge in [-0.25, -0.2) is 9.78 Å². The fourth-order valence-electron chi connectivity index (χ4n) is 3.18. The summed E-state index contributed by atoms with van der Waals surface area (Å²) < 4.78 is 7.37. The Bertz CT molecular complexity index is 899. The van der Waals surface area contributed by atoms with E-state index in [0.29, 0.717) is 23.7 Å². The van der Waals surface area contributed by atoms with Crippen LogP contribution >= 0.6 is 0 Å². The van der Waals surface area contributed by atoms with Gasteiger partial charge in [0.15, 0.2) is 17.3 Å². The molecule has 0 spiro atoms. The molecule has 1 aromatic carbocycles. The summed E-state index contributed by atoms with van der Waals surface area (Å²) in [7, 11) is 1.89. The van der Waals surface area contributed by atoms with E-state index in [1.807, 2.05) is 23.7 Å². The van der Waals surface area contributed by atoms with Gasteiger partial charge in [0.25, 0.3) is 0 Å². The third kappa shape index (κ3) is 2.49. The minimum absolute atomic E-state index is 0.0474. The number of oxazole rings is 1. The van der Waals surface area contributed by atoms with Crippen LogP contribution in [0.15, 0.2) is 28.9 Å². The normalized spacial score (nSPS) is 17.6. The van der Waals surface area contributed by atoms with Crippen LogP contribution in [0.4, 0.5) is 10.5 Å². The van der Waals surface area contributed by atoms with Crippen molar-refractivity contribution in [2.75, 3.05) is 11.9 Å². The molecule has 4 rings (SSSR count). The number of likely N-dealkylation sites (tertiary alicyclic amines) is 1. The van der Waals surface area contributed by atoms with Crippen molar-refractivity contribution >= 4 is 22.8 Å². The van der Waals surface area contributed by atoms with Gasteiger partial charge in [-0.2, -0.15) is 0 Å². The van der Waals surface area contributed by atoms with E-state index in [9.17, 15) is 4.79 Å². The first-order valence-corrected chi connectivity index (χ1v) is 7.90. The van der Waals surface area contributed by atoms with E-state index in [1.165, 1.54) is 0 Å². The van der Waals surface area contributed by atoms with Crippen LogP contribution in [-0.2, 0) is 7.05 Å². The highest BCUT2D eigenvalue weighted by molar-refractivity contribution is 5.92. The Morgan fingerprint density at radius 2 is 2.29 bits per heavy atom. The number of aryl methyl sites for hydroxylation is 2. The minimum atomic E-state index is -0.143. The number of hydrogen-bond acceptors (Lipinski definition) is 5. The van der Waals surface area contributed by atoms with Gasteiger partial charge in [-0.15, -0.1) is 10.2 Å². The Balaban J connectivity index is 1.55. The number of nitrogens with zero attached hydrogens (tertiary/aromatic N) is 5. The number of hydrogen-bond donors (Lipinski definition) is 1. The maximum absolute atomic E-state index is 12.7. The van der Waals surface area contributed by atoms with Gasteiger partial charge in [0, 0.05) is 32.3 Å². The van der Waals surface area contributed by atoms with Crippen LogP contribution in [0.3, 0.4) is 0 Å². The third-order valence-electron chi connectivity index (χ3n) is 4.30. The standard InChI is InChI=1S/C16H18N6O2/c1-10-18-12-6-5-11(8-14(12)24-10)19-16(23)22-7-3-4-13(22)15-20-17-9-21(15)2/h5-6,8-9,13H,3-4,7H2,1-2H3,(H,19,23). The number of carbonyl (C=O) groups is 1. The molecule has 124 valence electrons. The van der Waals surface area contributed by atoms with Crippen LogP contribution in [-0.4, -0.2) is 37.2 Å². The summed E-state index contributed by atoms with van der Waals surface area (Å²) in [6.07, 6.45) is 3.50. The molecule has 1 aliphatic rings. The van der Waals surface area contributed by atoms with Gasteiger partial charge in [0.1, 0.15) is 11.8 Å². The molecule has 1 N–H and O–H groups in total. The summed E-state index contributed by atoms with van der Waals surface area (Å²) in [5.74, 6) is 1.42. The van der Waals surface area contributed by atoms with Gasteiger partial charge in [-0.1, -0.05) is 0 Å². The van der Waals surface area contributed by atoms with Gasteiger partial charge >= 0.3 is 6.03 Å². The highest BCUT2D eigenvalue weighted by Crippen LogP contribution is 2.31. The average Bonchev–Trinajstić information content (AvgIpc) is 3.24. The van der Waals surface area contributed by atoms with Gasteiger partial charge < -0.3 is 19.2 Å². The quantitative estimate of drug-likeness (QED) is 0.782. The van der Waals surface area contributed by atoms with Crippen LogP contribution in [0, 0.1) is 6.92 Å². The molecule has 0 saturated carbocycles. The predicted molar refractivity (Wildman–Crippen MR) is 87.4 cm³/mol. The molecule has 3 heterocycles. The maximum Gasteiger partial charge on any atom is 0.322 e. The Morgan fingerprint density at radius 1 is 1.42 bits per heavy atom. The van der Waals surface area contributed by atoms with E-state index in [-0.39, 0.29) is 12.1 Å². The number of rotatable bonds is 2. The molecule has 2 amide bonds. The topological polar surface area (TPSA) is 89.1 Å². The van der Waals surface area contributed by atoms with Crippen molar-refractivity contribution < 1.29 is 9.21 Å². The fourth-order valence-corrected chi connectivity index (χ4v) is 3.18. The van der Waals surface area contributed by atoms with Crippen molar-refractivity contribution in [1.29, 1.82) is 0 Å². The lowest BCUT2D eigenvalue weighted by atomic mass is 10.2. The fraction of sp³-hybridized carbons (Fsp3) is 0.375. The number of amides is 2. The lowest BCUT2D eigenvalue weighted by Crippen LogP contribution is -2.35. The molecule has 0 bridgehead atoms. The molecule has 1 atom stereocenters. The zero-order chi connectivity index (χ0) is 16.7. The van der Waals surface area contributed by atoms with Crippen LogP contribution in [0.25, 0.3) is 11.1 Å². The van der Waals surface area contributed by atoms with E-state index in [4.69, 9.17) is 4.42 Å². The number of fused-ring (bicyclic) bond motifs is 1. The maximum atomic E-state index is 12.7. The second-order valence-corrected chi connectivity index (χ2v) is 6.00. The zero-order valence-corrected chi connectivity index (χ0v) is 13.6. The monoisotopic (exact) mass is 326 g/mol. The summed E-state index contributed by atoms with van der Waals surface area (Å²) in [4.78, 5) is 18.7. The Morgan fingerprint density at radius 3 is 3.08 bits per heavy atom. The largest absolute Gasteiger partial charge is 0.441 e. The highest BCUT2D eigenvalue weighted by Gasteiger charge is 2.33. The summed E-state index contributed by atoms with van der Waals surface area (Å²) in [5.41, 5.74) is 2.13. The summed E-state index contributed by atoms with van der Waals surface area (Å²) in [5, 5.41) is 11.0. The Labute approximate surface area is 138 Å². The average molecular weight is 326 g/mol. The summed E-state index contributed by atoms with van der Waals surface area (Å²) in [6, 6.07) is 5.27. The highest BCUT2D eigenvalue weighted by atomic mass is 16.3. The van der Waals surface area contributed by atoms with Crippen molar-refractivity contribution in [3.8, 4) is 0 Å². The first-order chi connectivity index (χ1) is 11.6. The van der Waals surface area contributed by atoms with Gasteiger partial charge in [-0.3, -0.25) is 0 Å². The first kappa shape index (κ1) is 14.7. The molecule has 1 saturated heterocycles. The second-order valence-electron chi connectivity index (χ2n) is 6.00. The van der Waals surface area contributed by atoms with E-state index in [0.717, 1.165) is 24.2 Å². The summed E-state index contributed by atoms with van der Waals surface area (Å²) in [6.45, 7) is 2.50. The molecule has 0 aliphatic carbocycles. The van der Waals surface area contributed by atoms with Gasteiger partial charge in [0.2, 0.25) is 0 Å². The number of urea groups is 1. The van der Waals surface area contributed by atoms with E-state index in [1.54, 1.807) is 24.2 Å². The third-order valence-corrected chi connectivity index (χ3v) is 4.30. The molecule has 8 nitrogen and oxygen atoms in total. The Hall–Kier alpha value is -2.90. The molecule has 1 aliphatic heterocycles. The Kier molecular flexibility index (Phi) is 3.44. The van der Waals surface area contributed by atoms with Gasteiger partial charge in [-0.05, 0) is 25.0 Å². The van der Waals surface area contributed by atoms with Crippen LogP contribution < -0.4 is 5.32 Å². The zero-order valence-electron chi connectivity index (χ0n) is 13.6. The lowest BCUT2D eigenvalue weighted by molar-refractivity contribution is 0.204. The number of anilines is 1. The molecular formula is C16H18N6O2. The lowest BCUT2D eigenvalue weighted by Gasteiger charge is -2.24. The second kappa shape index (κ2) is 5.63. The smallest absolute Gasteiger partial charge is 0.322 e. The van der Waals surface area contributed by atoms with Crippen LogP contribution in [0.5, 0.6) is 0 Å². The molecule has 3 aromatic rings. The molecule has 0 radical (unpaired) electrons. The number of aromatic nitrogens is 4. The van der Waals surface area contributed by atoms with Gasteiger partial charge in [0.05, 0.1) is 6.04 Å². The first-order valence-electron chi connectivity index (χ1n) is 7.90. The van der Waals surface area contributed by atoms with Crippen LogP contribution in [0.1, 0.15) is 30.6 Å². The van der Waals surface area contributed by atoms with E-state index < -0.39 is 0 Å². The molecule has 2 aromatic heterocycles.